The van der Waals surface area contributed by atoms with Crippen LogP contribution in [0.5, 0.6) is 5.75 Å². The van der Waals surface area contributed by atoms with Crippen molar-refractivity contribution in [3.63, 3.8) is 0 Å². The lowest BCUT2D eigenvalue weighted by molar-refractivity contribution is 0.322. The smallest absolute Gasteiger partial charge is 0.167 e. The fraction of sp³-hybridized carbons (Fsp3) is 0.438. The molecule has 0 atom stereocenters. The van der Waals surface area contributed by atoms with E-state index in [0.29, 0.717) is 0 Å². The van der Waals surface area contributed by atoms with Crippen LogP contribution in [0.4, 0.5) is 0 Å². The molecule has 2 aliphatic rings. The first-order valence-electron chi connectivity index (χ1n) is 7.25. The van der Waals surface area contributed by atoms with Gasteiger partial charge in [-0.05, 0) is 36.6 Å². The van der Waals surface area contributed by atoms with E-state index >= 15 is 0 Å². The van der Waals surface area contributed by atoms with Crippen molar-refractivity contribution in [1.82, 2.24) is 9.80 Å². The molecule has 3 rings (SSSR count). The second kappa shape index (κ2) is 6.54. The van der Waals surface area contributed by atoms with E-state index in [9.17, 15) is 0 Å². The molecule has 21 heavy (non-hydrogen) atoms. The molecule has 0 amide bonds. The zero-order valence-corrected chi connectivity index (χ0v) is 13.4. The zero-order valence-electron chi connectivity index (χ0n) is 12.6. The van der Waals surface area contributed by atoms with E-state index in [1.807, 2.05) is 12.1 Å². The van der Waals surface area contributed by atoms with Crippen molar-refractivity contribution >= 4 is 16.9 Å². The standard InChI is InChI=1S/C16H21N3OS/c1-18(10-13-5-3-6-15(9-13)20-2)11-14-12-21-16-17-7-4-8-19(14)16/h3,5-6,9,12H,4,7-8,10-11H2,1-2H3. The van der Waals surface area contributed by atoms with Crippen molar-refractivity contribution in [2.24, 2.45) is 4.99 Å². The molecule has 0 N–H and O–H groups in total. The summed E-state index contributed by atoms with van der Waals surface area (Å²) in [5.41, 5.74) is 2.64. The van der Waals surface area contributed by atoms with Crippen LogP contribution < -0.4 is 4.74 Å². The molecule has 0 radical (unpaired) electrons. The van der Waals surface area contributed by atoms with E-state index in [4.69, 9.17) is 4.74 Å². The highest BCUT2D eigenvalue weighted by molar-refractivity contribution is 8.16. The van der Waals surface area contributed by atoms with Gasteiger partial charge in [-0.15, -0.1) is 0 Å². The average Bonchev–Trinajstić information content (AvgIpc) is 2.91. The lowest BCUT2D eigenvalue weighted by atomic mass is 10.2. The molecule has 1 aromatic rings. The van der Waals surface area contributed by atoms with Crippen molar-refractivity contribution in [2.45, 2.75) is 13.0 Å². The molecule has 0 fully saturated rings. The largest absolute Gasteiger partial charge is 0.497 e. The second-order valence-electron chi connectivity index (χ2n) is 5.42. The first kappa shape index (κ1) is 14.5. The molecule has 0 aliphatic carbocycles. The van der Waals surface area contributed by atoms with Gasteiger partial charge in [0.15, 0.2) is 5.17 Å². The molecule has 4 nitrogen and oxygen atoms in total. The van der Waals surface area contributed by atoms with Gasteiger partial charge in [0.25, 0.3) is 0 Å². The van der Waals surface area contributed by atoms with E-state index in [0.717, 1.165) is 38.3 Å². The van der Waals surface area contributed by atoms with E-state index in [2.05, 4.69) is 39.4 Å². The van der Waals surface area contributed by atoms with Crippen molar-refractivity contribution in [3.8, 4) is 5.75 Å². The highest BCUT2D eigenvalue weighted by Crippen LogP contribution is 2.29. The van der Waals surface area contributed by atoms with Crippen molar-refractivity contribution in [1.29, 1.82) is 0 Å². The van der Waals surface area contributed by atoms with Gasteiger partial charge in [-0.2, -0.15) is 0 Å². The molecule has 0 spiro atoms. The summed E-state index contributed by atoms with van der Waals surface area (Å²) in [5, 5.41) is 3.41. The molecule has 2 aliphatic heterocycles. The molecule has 0 aromatic heterocycles. The Morgan fingerprint density at radius 2 is 2.29 bits per heavy atom. The highest BCUT2D eigenvalue weighted by Gasteiger charge is 2.25. The molecule has 0 unspecified atom stereocenters. The van der Waals surface area contributed by atoms with Gasteiger partial charge in [-0.3, -0.25) is 9.89 Å². The van der Waals surface area contributed by atoms with Gasteiger partial charge in [-0.25, -0.2) is 0 Å². The Hall–Kier alpha value is -1.46. The maximum absolute atomic E-state index is 5.28. The Bertz CT molecular complexity index is 570. The SMILES string of the molecule is COc1cccc(CN(C)CC2=CSC3=NCCCN23)c1. The molecule has 1 aromatic carbocycles. The fourth-order valence-electron chi connectivity index (χ4n) is 2.67. The summed E-state index contributed by atoms with van der Waals surface area (Å²) in [6, 6.07) is 8.27. The number of aliphatic imine (C=N–C) groups is 1. The Morgan fingerprint density at radius 3 is 3.14 bits per heavy atom. The number of thioether (sulfide) groups is 1. The minimum absolute atomic E-state index is 0.916. The van der Waals surface area contributed by atoms with Crippen LogP contribution in [0, 0.1) is 0 Å². The number of likely N-dealkylation sites (N-methyl/N-ethyl adjacent to an activating group) is 1. The fourth-order valence-corrected chi connectivity index (χ4v) is 3.62. The molecule has 0 bridgehead atoms. The normalized spacial score (nSPS) is 17.6. The monoisotopic (exact) mass is 303 g/mol. The topological polar surface area (TPSA) is 28.1 Å². The summed E-state index contributed by atoms with van der Waals surface area (Å²) in [4.78, 5) is 9.26. The third-order valence-corrected chi connectivity index (χ3v) is 4.63. The summed E-state index contributed by atoms with van der Waals surface area (Å²) >= 11 is 1.76. The summed E-state index contributed by atoms with van der Waals surface area (Å²) in [6.07, 6.45) is 1.15. The van der Waals surface area contributed by atoms with Crippen molar-refractivity contribution in [2.75, 3.05) is 33.8 Å². The Kier molecular flexibility index (Phi) is 4.51. The Morgan fingerprint density at radius 1 is 1.38 bits per heavy atom. The average molecular weight is 303 g/mol. The number of nitrogens with zero attached hydrogens (tertiary/aromatic N) is 3. The predicted octanol–water partition coefficient (Wildman–Crippen LogP) is 2.78. The number of rotatable bonds is 5. The zero-order chi connectivity index (χ0) is 14.7. The third kappa shape index (κ3) is 3.41. The number of hydrogen-bond acceptors (Lipinski definition) is 5. The second-order valence-corrected chi connectivity index (χ2v) is 6.26. The maximum atomic E-state index is 5.28. The highest BCUT2D eigenvalue weighted by atomic mass is 32.2. The van der Waals surface area contributed by atoms with Crippen LogP contribution in [0.25, 0.3) is 0 Å². The van der Waals surface area contributed by atoms with Crippen LogP contribution in [0.15, 0.2) is 40.4 Å². The number of ether oxygens (including phenoxy) is 1. The lowest BCUT2D eigenvalue weighted by Crippen LogP contribution is -2.34. The van der Waals surface area contributed by atoms with Gasteiger partial charge < -0.3 is 9.64 Å². The Balaban J connectivity index is 1.60. The number of hydrogen-bond donors (Lipinski definition) is 0. The van der Waals surface area contributed by atoms with Crippen LogP contribution in [-0.2, 0) is 6.54 Å². The summed E-state index contributed by atoms with van der Waals surface area (Å²) in [6.45, 7) is 3.94. The van der Waals surface area contributed by atoms with E-state index < -0.39 is 0 Å². The summed E-state index contributed by atoms with van der Waals surface area (Å²) < 4.78 is 5.28. The molecule has 0 saturated heterocycles. The molecule has 112 valence electrons. The quantitative estimate of drug-likeness (QED) is 0.836. The van der Waals surface area contributed by atoms with Gasteiger partial charge >= 0.3 is 0 Å². The number of methoxy groups -OCH3 is 1. The predicted molar refractivity (Wildman–Crippen MR) is 88.6 cm³/mol. The maximum Gasteiger partial charge on any atom is 0.167 e. The van der Waals surface area contributed by atoms with Crippen molar-refractivity contribution < 1.29 is 4.74 Å². The van der Waals surface area contributed by atoms with Crippen LogP contribution in [0.3, 0.4) is 0 Å². The van der Waals surface area contributed by atoms with Crippen LogP contribution >= 0.6 is 11.8 Å². The van der Waals surface area contributed by atoms with Gasteiger partial charge in [0.1, 0.15) is 5.75 Å². The van der Waals surface area contributed by atoms with Gasteiger partial charge in [0.2, 0.25) is 0 Å². The number of benzene rings is 1. The van der Waals surface area contributed by atoms with Crippen LogP contribution in [0.2, 0.25) is 0 Å². The van der Waals surface area contributed by atoms with Crippen LogP contribution in [0.1, 0.15) is 12.0 Å². The summed E-state index contributed by atoms with van der Waals surface area (Å²) in [5.74, 6) is 0.919. The minimum atomic E-state index is 0.916. The van der Waals surface area contributed by atoms with Gasteiger partial charge in [0.05, 0.1) is 7.11 Å². The molecular weight excluding hydrogens is 282 g/mol. The van der Waals surface area contributed by atoms with E-state index in [1.54, 1.807) is 18.9 Å². The third-order valence-electron chi connectivity index (χ3n) is 3.68. The molecule has 5 heteroatoms. The molecule has 0 saturated carbocycles. The first-order chi connectivity index (χ1) is 10.3. The number of amidine groups is 1. The van der Waals surface area contributed by atoms with Crippen LogP contribution in [-0.4, -0.2) is 48.8 Å². The Labute approximate surface area is 130 Å². The van der Waals surface area contributed by atoms with E-state index in [1.165, 1.54) is 16.4 Å². The van der Waals surface area contributed by atoms with Gasteiger partial charge in [-0.1, -0.05) is 23.9 Å². The summed E-state index contributed by atoms with van der Waals surface area (Å²) in [7, 11) is 3.87. The first-order valence-corrected chi connectivity index (χ1v) is 8.13. The van der Waals surface area contributed by atoms with Crippen molar-refractivity contribution in [3.05, 3.63) is 40.9 Å². The lowest BCUT2D eigenvalue weighted by Gasteiger charge is -2.28. The molecule has 2 heterocycles. The van der Waals surface area contributed by atoms with E-state index in [-0.39, 0.29) is 0 Å². The number of fused-ring (bicyclic) bond motifs is 1. The molecular formula is C16H21N3OS. The minimum Gasteiger partial charge on any atom is -0.497 e. The van der Waals surface area contributed by atoms with Gasteiger partial charge in [0, 0.05) is 31.9 Å².